The maximum Gasteiger partial charge on any atom is 0.336 e. The van der Waals surface area contributed by atoms with Gasteiger partial charge < -0.3 is 10.0 Å². The molecular formula is C14H18N2O4. The fourth-order valence-corrected chi connectivity index (χ4v) is 2.58. The molecule has 1 heterocycles. The lowest BCUT2D eigenvalue weighted by molar-refractivity contribution is -0.385. The molecule has 0 radical (unpaired) electrons. The first kappa shape index (κ1) is 14.3. The van der Waals surface area contributed by atoms with Crippen molar-refractivity contribution in [1.82, 2.24) is 0 Å². The Hall–Kier alpha value is -2.11. The quantitative estimate of drug-likeness (QED) is 0.679. The summed E-state index contributed by atoms with van der Waals surface area (Å²) < 4.78 is 0. The molecule has 0 amide bonds. The van der Waals surface area contributed by atoms with E-state index in [0.717, 1.165) is 32.0 Å². The van der Waals surface area contributed by atoms with Gasteiger partial charge in [0.1, 0.15) is 0 Å². The second-order valence-corrected chi connectivity index (χ2v) is 5.37. The number of rotatable bonds is 3. The zero-order chi connectivity index (χ0) is 14.9. The van der Waals surface area contributed by atoms with Gasteiger partial charge in [-0.1, -0.05) is 6.92 Å². The van der Waals surface area contributed by atoms with Crippen LogP contribution in [0.3, 0.4) is 0 Å². The van der Waals surface area contributed by atoms with E-state index in [1.807, 2.05) is 0 Å². The molecule has 108 valence electrons. The third-order valence-electron chi connectivity index (χ3n) is 3.92. The summed E-state index contributed by atoms with van der Waals surface area (Å²) in [4.78, 5) is 23.7. The van der Waals surface area contributed by atoms with E-state index in [9.17, 15) is 14.9 Å². The molecular weight excluding hydrogens is 260 g/mol. The lowest BCUT2D eigenvalue weighted by Gasteiger charge is -2.33. The number of carboxylic acid groups (broad SMARTS) is 1. The van der Waals surface area contributed by atoms with Gasteiger partial charge in [-0.25, -0.2) is 4.79 Å². The third-order valence-corrected chi connectivity index (χ3v) is 3.92. The largest absolute Gasteiger partial charge is 0.478 e. The van der Waals surface area contributed by atoms with E-state index < -0.39 is 10.9 Å². The summed E-state index contributed by atoms with van der Waals surface area (Å²) in [5, 5.41) is 20.2. The molecule has 1 N–H and O–H groups in total. The first-order valence-electron chi connectivity index (χ1n) is 6.67. The average Bonchev–Trinajstić information content (AvgIpc) is 2.39. The number of hydrogen-bond donors (Lipinski definition) is 1. The first-order chi connectivity index (χ1) is 9.40. The highest BCUT2D eigenvalue weighted by Gasteiger charge is 2.24. The molecule has 6 heteroatoms. The molecule has 6 nitrogen and oxygen atoms in total. The van der Waals surface area contributed by atoms with Crippen LogP contribution in [0.15, 0.2) is 12.1 Å². The number of hydrogen-bond acceptors (Lipinski definition) is 4. The second kappa shape index (κ2) is 5.48. The van der Waals surface area contributed by atoms with Gasteiger partial charge in [-0.15, -0.1) is 0 Å². The summed E-state index contributed by atoms with van der Waals surface area (Å²) in [5.74, 6) is -0.496. The number of nitrogens with zero attached hydrogens (tertiary/aromatic N) is 2. The summed E-state index contributed by atoms with van der Waals surface area (Å²) in [7, 11) is 0. The monoisotopic (exact) mass is 278 g/mol. The first-order valence-corrected chi connectivity index (χ1v) is 6.67. The van der Waals surface area contributed by atoms with Crippen molar-refractivity contribution in [2.24, 2.45) is 5.92 Å². The van der Waals surface area contributed by atoms with Gasteiger partial charge in [0.05, 0.1) is 16.1 Å². The van der Waals surface area contributed by atoms with Crippen LogP contribution in [0, 0.1) is 23.0 Å². The lowest BCUT2D eigenvalue weighted by atomic mass is 9.97. The van der Waals surface area contributed by atoms with Crippen molar-refractivity contribution in [3.05, 3.63) is 33.4 Å². The van der Waals surface area contributed by atoms with Gasteiger partial charge in [0.25, 0.3) is 5.69 Å². The predicted molar refractivity (Wildman–Crippen MR) is 75.4 cm³/mol. The Morgan fingerprint density at radius 1 is 1.40 bits per heavy atom. The van der Waals surface area contributed by atoms with Crippen LogP contribution in [-0.2, 0) is 0 Å². The maximum absolute atomic E-state index is 11.1. The number of piperidine rings is 1. The number of aromatic carboxylic acids is 1. The predicted octanol–water partition coefficient (Wildman–Crippen LogP) is 2.84. The minimum atomic E-state index is -1.14. The van der Waals surface area contributed by atoms with Gasteiger partial charge >= 0.3 is 5.97 Å². The van der Waals surface area contributed by atoms with Gasteiger partial charge in [-0.3, -0.25) is 10.1 Å². The van der Waals surface area contributed by atoms with Crippen LogP contribution >= 0.6 is 0 Å². The lowest BCUT2D eigenvalue weighted by Crippen LogP contribution is -2.33. The summed E-state index contributed by atoms with van der Waals surface area (Å²) >= 11 is 0. The summed E-state index contributed by atoms with van der Waals surface area (Å²) in [6.07, 6.45) is 2.04. The van der Waals surface area contributed by atoms with Crippen molar-refractivity contribution in [2.75, 3.05) is 18.0 Å². The zero-order valence-corrected chi connectivity index (χ0v) is 11.6. The molecule has 0 unspecified atom stereocenters. The highest BCUT2D eigenvalue weighted by Crippen LogP contribution is 2.33. The molecule has 0 saturated carbocycles. The van der Waals surface area contributed by atoms with Crippen molar-refractivity contribution < 1.29 is 14.8 Å². The Bertz CT molecular complexity index is 548. The molecule has 0 spiro atoms. The standard InChI is InChI=1S/C14H18N2O4/c1-9-3-5-15(6-4-9)12-7-11(14(17)18)8-13(10(12)2)16(19)20/h7-9H,3-6H2,1-2H3,(H,17,18). The Balaban J connectivity index is 2.45. The van der Waals surface area contributed by atoms with Gasteiger partial charge in [-0.05, 0) is 31.7 Å². The van der Waals surface area contributed by atoms with E-state index in [1.54, 1.807) is 13.0 Å². The Labute approximate surface area is 117 Å². The topological polar surface area (TPSA) is 83.7 Å². The van der Waals surface area contributed by atoms with Gasteiger partial charge in [0.2, 0.25) is 0 Å². The smallest absolute Gasteiger partial charge is 0.336 e. The van der Waals surface area contributed by atoms with Crippen molar-refractivity contribution in [2.45, 2.75) is 26.7 Å². The van der Waals surface area contributed by atoms with Crippen LogP contribution in [-0.4, -0.2) is 29.1 Å². The van der Waals surface area contributed by atoms with Crippen LogP contribution in [0.4, 0.5) is 11.4 Å². The number of benzene rings is 1. The van der Waals surface area contributed by atoms with Crippen molar-refractivity contribution in [1.29, 1.82) is 0 Å². The van der Waals surface area contributed by atoms with Crippen LogP contribution in [0.2, 0.25) is 0 Å². The average molecular weight is 278 g/mol. The number of nitro benzene ring substituents is 1. The van der Waals surface area contributed by atoms with Crippen molar-refractivity contribution >= 4 is 17.3 Å². The second-order valence-electron chi connectivity index (χ2n) is 5.37. The molecule has 1 aliphatic heterocycles. The Morgan fingerprint density at radius 2 is 2.00 bits per heavy atom. The van der Waals surface area contributed by atoms with Crippen molar-refractivity contribution in [3.8, 4) is 0 Å². The molecule has 1 aromatic rings. The molecule has 0 bridgehead atoms. The van der Waals surface area contributed by atoms with Crippen molar-refractivity contribution in [3.63, 3.8) is 0 Å². The molecule has 1 saturated heterocycles. The molecule has 0 aromatic heterocycles. The molecule has 1 aromatic carbocycles. The molecule has 2 rings (SSSR count). The van der Waals surface area contributed by atoms with Gasteiger partial charge in [0.15, 0.2) is 0 Å². The van der Waals surface area contributed by atoms with Crippen LogP contribution in [0.25, 0.3) is 0 Å². The van der Waals surface area contributed by atoms with E-state index in [2.05, 4.69) is 11.8 Å². The molecule has 20 heavy (non-hydrogen) atoms. The van der Waals surface area contributed by atoms with E-state index >= 15 is 0 Å². The Kier molecular flexibility index (Phi) is 3.92. The SMILES string of the molecule is Cc1c(N2CCC(C)CC2)cc(C(=O)O)cc1[N+](=O)[O-]. The molecule has 0 atom stereocenters. The number of carbonyl (C=O) groups is 1. The van der Waals surface area contributed by atoms with Gasteiger partial charge in [0, 0.05) is 24.8 Å². The summed E-state index contributed by atoms with van der Waals surface area (Å²) in [6, 6.07) is 2.67. The van der Waals surface area contributed by atoms with E-state index in [-0.39, 0.29) is 11.3 Å². The summed E-state index contributed by atoms with van der Waals surface area (Å²) in [6.45, 7) is 5.47. The molecule has 1 fully saturated rings. The highest BCUT2D eigenvalue weighted by molar-refractivity contribution is 5.90. The highest BCUT2D eigenvalue weighted by atomic mass is 16.6. The zero-order valence-electron chi connectivity index (χ0n) is 11.6. The number of carboxylic acids is 1. The normalized spacial score (nSPS) is 16.2. The van der Waals surface area contributed by atoms with Crippen LogP contribution in [0.5, 0.6) is 0 Å². The molecule has 0 aliphatic carbocycles. The number of anilines is 1. The Morgan fingerprint density at radius 3 is 2.50 bits per heavy atom. The fourth-order valence-electron chi connectivity index (χ4n) is 2.58. The van der Waals surface area contributed by atoms with Crippen LogP contribution < -0.4 is 4.90 Å². The van der Waals surface area contributed by atoms with E-state index in [4.69, 9.17) is 5.11 Å². The number of nitro groups is 1. The molecule has 1 aliphatic rings. The summed E-state index contributed by atoms with van der Waals surface area (Å²) in [5.41, 5.74) is 1.05. The maximum atomic E-state index is 11.1. The third kappa shape index (κ3) is 2.74. The van der Waals surface area contributed by atoms with Gasteiger partial charge in [-0.2, -0.15) is 0 Å². The van der Waals surface area contributed by atoms with E-state index in [1.165, 1.54) is 0 Å². The fraction of sp³-hybridized carbons (Fsp3) is 0.500. The minimum Gasteiger partial charge on any atom is -0.478 e. The minimum absolute atomic E-state index is 0.0316. The van der Waals surface area contributed by atoms with E-state index in [0.29, 0.717) is 17.2 Å². The van der Waals surface area contributed by atoms with Crippen LogP contribution in [0.1, 0.15) is 35.7 Å².